The van der Waals surface area contributed by atoms with Gasteiger partial charge in [0, 0.05) is 10.6 Å². The second-order valence-electron chi connectivity index (χ2n) is 4.59. The molecule has 5 heteroatoms. The van der Waals surface area contributed by atoms with E-state index < -0.39 is 0 Å². The number of halogens is 1. The predicted molar refractivity (Wildman–Crippen MR) is 88.7 cm³/mol. The molecule has 0 saturated heterocycles. The van der Waals surface area contributed by atoms with Gasteiger partial charge in [-0.2, -0.15) is 5.10 Å². The fraction of sp³-hybridized carbons (Fsp3) is 0.176. The van der Waals surface area contributed by atoms with E-state index in [4.69, 9.17) is 16.3 Å². The fourth-order valence-electron chi connectivity index (χ4n) is 1.94. The lowest BCUT2D eigenvalue weighted by Gasteiger charge is -2.06. The molecule has 0 aliphatic carbocycles. The third-order valence-electron chi connectivity index (χ3n) is 3.14. The van der Waals surface area contributed by atoms with Gasteiger partial charge in [0.2, 0.25) is 0 Å². The van der Waals surface area contributed by atoms with Gasteiger partial charge in [-0.05, 0) is 54.4 Å². The van der Waals surface area contributed by atoms with Gasteiger partial charge >= 0.3 is 0 Å². The molecule has 0 aliphatic rings. The molecule has 1 N–H and O–H groups in total. The Hall–Kier alpha value is -2.33. The number of hydrazone groups is 1. The summed E-state index contributed by atoms with van der Waals surface area (Å²) < 4.78 is 5.13. The molecule has 0 bridgehead atoms. The van der Waals surface area contributed by atoms with Gasteiger partial charge in [0.15, 0.2) is 0 Å². The number of rotatable bonds is 5. The van der Waals surface area contributed by atoms with Gasteiger partial charge in [-0.15, -0.1) is 0 Å². The van der Waals surface area contributed by atoms with Crippen molar-refractivity contribution in [1.29, 1.82) is 0 Å². The van der Waals surface area contributed by atoms with Gasteiger partial charge in [-0.1, -0.05) is 24.6 Å². The molecule has 0 spiro atoms. The Morgan fingerprint density at radius 1 is 1.18 bits per heavy atom. The maximum absolute atomic E-state index is 12.1. The van der Waals surface area contributed by atoms with Crippen LogP contribution in [0.25, 0.3) is 0 Å². The van der Waals surface area contributed by atoms with Crippen LogP contribution in [0.1, 0.15) is 29.3 Å². The highest BCUT2D eigenvalue weighted by molar-refractivity contribution is 6.30. The summed E-state index contributed by atoms with van der Waals surface area (Å²) >= 11 is 5.88. The molecule has 2 aromatic carbocycles. The Morgan fingerprint density at radius 3 is 2.50 bits per heavy atom. The summed E-state index contributed by atoms with van der Waals surface area (Å²) in [7, 11) is 1.62. The van der Waals surface area contributed by atoms with Crippen molar-refractivity contribution in [3.8, 4) is 5.75 Å². The molecule has 2 aromatic rings. The standard InChI is InChI=1S/C17H17ClN2O2/c1-3-16(12-7-9-15(22-2)10-8-12)19-20-17(21)13-5-4-6-14(18)11-13/h4-11H,3H2,1-2H3,(H,20,21). The lowest BCUT2D eigenvalue weighted by atomic mass is 10.1. The SMILES string of the molecule is CCC(=NNC(=O)c1cccc(Cl)c1)c1ccc(OC)cc1. The number of hydrogen-bond donors (Lipinski definition) is 1. The van der Waals surface area contributed by atoms with Crippen LogP contribution in [0.5, 0.6) is 5.75 Å². The molecule has 2 rings (SSSR count). The van der Waals surface area contributed by atoms with E-state index in [0.29, 0.717) is 17.0 Å². The van der Waals surface area contributed by atoms with Crippen LogP contribution in [0.4, 0.5) is 0 Å². The first-order chi connectivity index (χ1) is 10.6. The summed E-state index contributed by atoms with van der Waals surface area (Å²) in [5, 5.41) is 4.72. The van der Waals surface area contributed by atoms with Crippen LogP contribution in [-0.2, 0) is 0 Å². The number of nitrogens with one attached hydrogen (secondary N) is 1. The molecule has 0 heterocycles. The Balaban J connectivity index is 2.13. The normalized spacial score (nSPS) is 11.1. The number of methoxy groups -OCH3 is 1. The smallest absolute Gasteiger partial charge is 0.271 e. The molecule has 1 amide bonds. The van der Waals surface area contributed by atoms with Crippen LogP contribution in [-0.4, -0.2) is 18.7 Å². The summed E-state index contributed by atoms with van der Waals surface area (Å²) in [5.74, 6) is 0.490. The van der Waals surface area contributed by atoms with E-state index in [1.807, 2.05) is 31.2 Å². The first-order valence-electron chi connectivity index (χ1n) is 6.91. The van der Waals surface area contributed by atoms with E-state index in [1.165, 1.54) is 0 Å². The van der Waals surface area contributed by atoms with Crippen molar-refractivity contribution in [2.75, 3.05) is 7.11 Å². The molecule has 0 aliphatic heterocycles. The minimum atomic E-state index is -0.290. The molecule has 0 atom stereocenters. The monoisotopic (exact) mass is 316 g/mol. The molecule has 0 saturated carbocycles. The molecular formula is C17H17ClN2O2. The van der Waals surface area contributed by atoms with Gasteiger partial charge in [-0.3, -0.25) is 4.79 Å². The molecule has 0 unspecified atom stereocenters. The summed E-state index contributed by atoms with van der Waals surface area (Å²) in [4.78, 5) is 12.1. The van der Waals surface area contributed by atoms with Gasteiger partial charge in [0.05, 0.1) is 12.8 Å². The minimum Gasteiger partial charge on any atom is -0.497 e. The minimum absolute atomic E-state index is 0.290. The van der Waals surface area contributed by atoms with E-state index in [1.54, 1.807) is 31.4 Å². The number of nitrogens with zero attached hydrogens (tertiary/aromatic N) is 1. The topological polar surface area (TPSA) is 50.7 Å². The third-order valence-corrected chi connectivity index (χ3v) is 3.37. The van der Waals surface area contributed by atoms with Crippen LogP contribution in [0, 0.1) is 0 Å². The maximum atomic E-state index is 12.1. The second-order valence-corrected chi connectivity index (χ2v) is 5.03. The summed E-state index contributed by atoms with van der Waals surface area (Å²) in [6.07, 6.45) is 0.697. The molecule has 22 heavy (non-hydrogen) atoms. The zero-order valence-electron chi connectivity index (χ0n) is 12.5. The third kappa shape index (κ3) is 4.09. The highest BCUT2D eigenvalue weighted by Crippen LogP contribution is 2.13. The molecular weight excluding hydrogens is 300 g/mol. The quantitative estimate of drug-likeness (QED) is 0.672. The summed E-state index contributed by atoms with van der Waals surface area (Å²) in [6, 6.07) is 14.3. The molecule has 0 radical (unpaired) electrons. The van der Waals surface area contributed by atoms with Gasteiger partial charge in [0.25, 0.3) is 5.91 Å². The van der Waals surface area contributed by atoms with E-state index in [0.717, 1.165) is 17.0 Å². The Bertz CT molecular complexity index is 681. The molecule has 4 nitrogen and oxygen atoms in total. The average molecular weight is 317 g/mol. The summed E-state index contributed by atoms with van der Waals surface area (Å²) in [6.45, 7) is 1.98. The zero-order chi connectivity index (χ0) is 15.9. The van der Waals surface area contributed by atoms with E-state index in [2.05, 4.69) is 10.5 Å². The van der Waals surface area contributed by atoms with Crippen molar-refractivity contribution in [1.82, 2.24) is 5.43 Å². The molecule has 0 fully saturated rings. The fourth-order valence-corrected chi connectivity index (χ4v) is 2.13. The van der Waals surface area contributed by atoms with Crippen LogP contribution in [0.3, 0.4) is 0 Å². The van der Waals surface area contributed by atoms with Gasteiger partial charge in [0.1, 0.15) is 5.75 Å². The van der Waals surface area contributed by atoms with E-state index >= 15 is 0 Å². The van der Waals surface area contributed by atoms with Crippen molar-refractivity contribution < 1.29 is 9.53 Å². The van der Waals surface area contributed by atoms with E-state index in [-0.39, 0.29) is 5.91 Å². The Kier molecular flexibility index (Phi) is 5.55. The Morgan fingerprint density at radius 2 is 1.91 bits per heavy atom. The highest BCUT2D eigenvalue weighted by atomic mass is 35.5. The van der Waals surface area contributed by atoms with Crippen LogP contribution in [0.2, 0.25) is 5.02 Å². The van der Waals surface area contributed by atoms with Crippen molar-refractivity contribution in [2.24, 2.45) is 5.10 Å². The van der Waals surface area contributed by atoms with Crippen molar-refractivity contribution in [3.05, 3.63) is 64.7 Å². The summed E-state index contributed by atoms with van der Waals surface area (Å²) in [5.41, 5.74) is 4.77. The number of ether oxygens (including phenoxy) is 1. The van der Waals surface area contributed by atoms with Crippen LogP contribution < -0.4 is 10.2 Å². The van der Waals surface area contributed by atoms with Crippen molar-refractivity contribution in [2.45, 2.75) is 13.3 Å². The van der Waals surface area contributed by atoms with Gasteiger partial charge < -0.3 is 4.74 Å². The van der Waals surface area contributed by atoms with Crippen molar-refractivity contribution in [3.63, 3.8) is 0 Å². The van der Waals surface area contributed by atoms with E-state index in [9.17, 15) is 4.79 Å². The molecule has 0 aromatic heterocycles. The largest absolute Gasteiger partial charge is 0.497 e. The highest BCUT2D eigenvalue weighted by Gasteiger charge is 2.07. The second kappa shape index (κ2) is 7.61. The van der Waals surface area contributed by atoms with Crippen LogP contribution >= 0.6 is 11.6 Å². The van der Waals surface area contributed by atoms with Crippen molar-refractivity contribution >= 4 is 23.2 Å². The number of carbonyl (C=O) groups excluding carboxylic acids is 1. The number of amides is 1. The predicted octanol–water partition coefficient (Wildman–Crippen LogP) is 3.89. The molecule has 114 valence electrons. The zero-order valence-corrected chi connectivity index (χ0v) is 13.2. The first-order valence-corrected chi connectivity index (χ1v) is 7.28. The van der Waals surface area contributed by atoms with Gasteiger partial charge in [-0.25, -0.2) is 5.43 Å². The maximum Gasteiger partial charge on any atom is 0.271 e. The number of hydrogen-bond acceptors (Lipinski definition) is 3. The average Bonchev–Trinajstić information content (AvgIpc) is 2.55. The lowest BCUT2D eigenvalue weighted by molar-refractivity contribution is 0.0955. The lowest BCUT2D eigenvalue weighted by Crippen LogP contribution is -2.19. The number of benzene rings is 2. The van der Waals surface area contributed by atoms with Crippen LogP contribution in [0.15, 0.2) is 53.6 Å². The first kappa shape index (κ1) is 16.0. The Labute approximate surface area is 134 Å². The number of carbonyl (C=O) groups is 1.